The van der Waals surface area contributed by atoms with Gasteiger partial charge in [0.15, 0.2) is 0 Å². The molecule has 0 aliphatic carbocycles. The van der Waals surface area contributed by atoms with Crippen molar-refractivity contribution in [3.8, 4) is 5.75 Å². The van der Waals surface area contributed by atoms with Crippen LogP contribution in [0.3, 0.4) is 0 Å². The smallest absolute Gasteiger partial charge is 0.132 e. The average Bonchev–Trinajstić information content (AvgIpc) is 3.42. The molecule has 0 saturated carbocycles. The fourth-order valence-electron chi connectivity index (χ4n) is 4.24. The highest BCUT2D eigenvalue weighted by Gasteiger charge is 2.38. The van der Waals surface area contributed by atoms with Crippen molar-refractivity contribution in [1.29, 1.82) is 5.41 Å². The lowest BCUT2D eigenvalue weighted by Crippen LogP contribution is -2.38. The topological polar surface area (TPSA) is 91.4 Å². The molecule has 2 aliphatic rings. The van der Waals surface area contributed by atoms with Crippen molar-refractivity contribution >= 4 is 34.2 Å². The summed E-state index contributed by atoms with van der Waals surface area (Å²) >= 11 is 1.53. The van der Waals surface area contributed by atoms with E-state index in [4.69, 9.17) is 15.9 Å². The average molecular weight is 435 g/mol. The van der Waals surface area contributed by atoms with E-state index >= 15 is 0 Å². The monoisotopic (exact) mass is 434 g/mol. The number of nitrogens with zero attached hydrogens (tertiary/aromatic N) is 4. The van der Waals surface area contributed by atoms with Crippen molar-refractivity contribution in [2.75, 3.05) is 31.1 Å². The fourth-order valence-corrected chi connectivity index (χ4v) is 5.44. The maximum Gasteiger partial charge on any atom is 0.132 e. The van der Waals surface area contributed by atoms with Crippen LogP contribution in [-0.2, 0) is 0 Å². The molecule has 2 atom stereocenters. The molecule has 3 N–H and O–H groups in total. The molecule has 8 heteroatoms. The predicted molar refractivity (Wildman–Crippen MR) is 126 cm³/mol. The molecule has 7 nitrogen and oxygen atoms in total. The summed E-state index contributed by atoms with van der Waals surface area (Å²) in [5.41, 5.74) is 8.67. The summed E-state index contributed by atoms with van der Waals surface area (Å²) in [7, 11) is 0. The van der Waals surface area contributed by atoms with Crippen LogP contribution in [0, 0.1) is 5.41 Å². The van der Waals surface area contributed by atoms with Crippen LogP contribution in [0.15, 0.2) is 54.9 Å². The molecular weight excluding hydrogens is 408 g/mol. The van der Waals surface area contributed by atoms with Crippen molar-refractivity contribution in [3.05, 3.63) is 60.6 Å². The maximum atomic E-state index is 8.83. The number of benzene rings is 2. The van der Waals surface area contributed by atoms with Crippen LogP contribution in [0.2, 0.25) is 0 Å². The van der Waals surface area contributed by atoms with Gasteiger partial charge in [0.05, 0.1) is 11.2 Å². The lowest BCUT2D eigenvalue weighted by Gasteiger charge is -2.23. The van der Waals surface area contributed by atoms with Gasteiger partial charge >= 0.3 is 0 Å². The number of thioether (sulfide) groups is 1. The lowest BCUT2D eigenvalue weighted by molar-refractivity contribution is 0.238. The quantitative estimate of drug-likeness (QED) is 0.612. The van der Waals surface area contributed by atoms with E-state index in [1.54, 1.807) is 6.33 Å². The molecule has 2 unspecified atom stereocenters. The maximum absolute atomic E-state index is 8.83. The molecule has 0 bridgehead atoms. The number of fused-ring (bicyclic) bond motifs is 1. The van der Waals surface area contributed by atoms with Crippen molar-refractivity contribution in [3.63, 3.8) is 0 Å². The van der Waals surface area contributed by atoms with Gasteiger partial charge in [-0.3, -0.25) is 10.3 Å². The summed E-state index contributed by atoms with van der Waals surface area (Å²) < 4.78 is 5.91. The molecule has 160 valence electrons. The molecule has 0 radical (unpaired) electrons. The van der Waals surface area contributed by atoms with E-state index in [1.807, 2.05) is 53.4 Å². The van der Waals surface area contributed by atoms with Crippen molar-refractivity contribution < 1.29 is 4.74 Å². The largest absolute Gasteiger partial charge is 0.492 e. The van der Waals surface area contributed by atoms with Crippen molar-refractivity contribution in [1.82, 2.24) is 14.9 Å². The van der Waals surface area contributed by atoms with Gasteiger partial charge in [-0.1, -0.05) is 18.2 Å². The van der Waals surface area contributed by atoms with E-state index in [-0.39, 0.29) is 10.7 Å². The molecule has 5 rings (SSSR count). The van der Waals surface area contributed by atoms with Gasteiger partial charge in [0.25, 0.3) is 0 Å². The second-order valence-electron chi connectivity index (χ2n) is 7.83. The number of amidine groups is 1. The normalized spacial score (nSPS) is 21.8. The van der Waals surface area contributed by atoms with Gasteiger partial charge in [0, 0.05) is 17.6 Å². The Morgan fingerprint density at radius 1 is 1.06 bits per heavy atom. The minimum absolute atomic E-state index is 0.237. The molecule has 31 heavy (non-hydrogen) atoms. The van der Waals surface area contributed by atoms with Crippen LogP contribution in [0.1, 0.15) is 23.8 Å². The molecule has 2 aromatic carbocycles. The standard InChI is InChI=1S/C23H26N6OS/c24-22-21(20-18-5-1-2-6-19(18)26-15-27-20)31-23(25)29(22)16-7-9-17(10-8-16)30-14-13-28-11-3-4-12-28/h1-2,5-10,15,21,23-24H,3-4,11-14,25H2. The second-order valence-corrected chi connectivity index (χ2v) is 9.06. The molecule has 0 amide bonds. The summed E-state index contributed by atoms with van der Waals surface area (Å²) in [6.45, 7) is 4.02. The Hall–Kier alpha value is -2.68. The predicted octanol–water partition coefficient (Wildman–Crippen LogP) is 3.62. The van der Waals surface area contributed by atoms with Crippen molar-refractivity contribution in [2.24, 2.45) is 5.73 Å². The number of anilines is 1. The molecule has 1 aromatic heterocycles. The third kappa shape index (κ3) is 4.11. The van der Waals surface area contributed by atoms with Gasteiger partial charge in [0.2, 0.25) is 0 Å². The third-order valence-electron chi connectivity index (χ3n) is 5.85. The number of para-hydroxylation sites is 1. The number of rotatable bonds is 6. The summed E-state index contributed by atoms with van der Waals surface area (Å²) in [6, 6.07) is 15.7. The van der Waals surface area contributed by atoms with Crippen LogP contribution in [-0.4, -0.2) is 52.4 Å². The summed E-state index contributed by atoms with van der Waals surface area (Å²) in [5, 5.41) is 9.56. The van der Waals surface area contributed by atoms with Crippen molar-refractivity contribution in [2.45, 2.75) is 23.6 Å². The van der Waals surface area contributed by atoms with Crippen LogP contribution in [0.4, 0.5) is 5.69 Å². The van der Waals surface area contributed by atoms with Gasteiger partial charge < -0.3 is 15.4 Å². The minimum atomic E-state index is -0.354. The molecule has 0 spiro atoms. The van der Waals surface area contributed by atoms with Crippen LogP contribution < -0.4 is 15.4 Å². The van der Waals surface area contributed by atoms with Crippen LogP contribution in [0.5, 0.6) is 5.75 Å². The highest BCUT2D eigenvalue weighted by atomic mass is 32.2. The first kappa shape index (κ1) is 20.2. The van der Waals surface area contributed by atoms with E-state index < -0.39 is 0 Å². The number of ether oxygens (including phenoxy) is 1. The Morgan fingerprint density at radius 2 is 1.84 bits per heavy atom. The fraction of sp³-hybridized carbons (Fsp3) is 0.348. The molecule has 2 saturated heterocycles. The molecular formula is C23H26N6OS. The third-order valence-corrected chi connectivity index (χ3v) is 7.06. The first-order valence-corrected chi connectivity index (χ1v) is 11.6. The van der Waals surface area contributed by atoms with Crippen LogP contribution >= 0.6 is 11.8 Å². The van der Waals surface area contributed by atoms with E-state index in [0.29, 0.717) is 12.4 Å². The summed E-state index contributed by atoms with van der Waals surface area (Å²) in [5.74, 6) is 1.28. The Morgan fingerprint density at radius 3 is 2.65 bits per heavy atom. The van der Waals surface area contributed by atoms with E-state index in [0.717, 1.165) is 34.6 Å². The molecule has 2 aliphatic heterocycles. The SMILES string of the molecule is N=C1C(c2ncnc3ccccc23)SC(N)N1c1ccc(OCCN2CCCC2)cc1. The van der Waals surface area contributed by atoms with Crippen LogP contribution in [0.25, 0.3) is 10.9 Å². The highest BCUT2D eigenvalue weighted by molar-refractivity contribution is 8.01. The zero-order valence-electron chi connectivity index (χ0n) is 17.3. The Balaban J connectivity index is 1.29. The lowest BCUT2D eigenvalue weighted by atomic mass is 10.1. The van der Waals surface area contributed by atoms with Gasteiger partial charge in [0.1, 0.15) is 35.3 Å². The highest BCUT2D eigenvalue weighted by Crippen LogP contribution is 2.43. The van der Waals surface area contributed by atoms with Gasteiger partial charge in [-0.25, -0.2) is 9.97 Å². The molecule has 2 fully saturated rings. The number of nitrogens with two attached hydrogens (primary N) is 1. The van der Waals surface area contributed by atoms with E-state index in [1.165, 1.54) is 37.7 Å². The number of hydrogen-bond acceptors (Lipinski definition) is 7. The zero-order valence-corrected chi connectivity index (χ0v) is 18.1. The summed E-state index contributed by atoms with van der Waals surface area (Å²) in [4.78, 5) is 13.1. The van der Waals surface area contributed by atoms with E-state index in [2.05, 4.69) is 14.9 Å². The van der Waals surface area contributed by atoms with E-state index in [9.17, 15) is 0 Å². The summed E-state index contributed by atoms with van der Waals surface area (Å²) in [6.07, 6.45) is 4.15. The zero-order chi connectivity index (χ0) is 21.2. The molecule has 3 aromatic rings. The first-order chi connectivity index (χ1) is 15.2. The van der Waals surface area contributed by atoms with Gasteiger partial charge in [-0.2, -0.15) is 0 Å². The number of nitrogens with one attached hydrogen (secondary N) is 1. The second kappa shape index (κ2) is 8.82. The number of likely N-dealkylation sites (tertiary alicyclic amines) is 1. The van der Waals surface area contributed by atoms with Gasteiger partial charge in [-0.15, -0.1) is 11.8 Å². The van der Waals surface area contributed by atoms with Gasteiger partial charge in [-0.05, 0) is 56.3 Å². The first-order valence-electron chi connectivity index (χ1n) is 10.6. The number of aromatic nitrogens is 2. The Kier molecular flexibility index (Phi) is 5.76. The number of hydrogen-bond donors (Lipinski definition) is 2. The minimum Gasteiger partial charge on any atom is -0.492 e. The Bertz CT molecular complexity index is 1060. The Labute approximate surface area is 186 Å². The molecule has 3 heterocycles.